The third-order valence-corrected chi connectivity index (χ3v) is 4.28. The topological polar surface area (TPSA) is 82.2 Å². The van der Waals surface area contributed by atoms with Gasteiger partial charge in [-0.15, -0.1) is 15.3 Å². The summed E-state index contributed by atoms with van der Waals surface area (Å²) < 4.78 is 47.5. The van der Waals surface area contributed by atoms with Gasteiger partial charge in [-0.2, -0.15) is 17.7 Å². The van der Waals surface area contributed by atoms with Gasteiger partial charge in [0.05, 0.1) is 6.04 Å². The van der Waals surface area contributed by atoms with E-state index < -0.39 is 12.0 Å². The van der Waals surface area contributed by atoms with Crippen molar-refractivity contribution in [2.45, 2.75) is 38.2 Å². The van der Waals surface area contributed by atoms with Crippen LogP contribution in [0.15, 0.2) is 24.5 Å². The molecule has 0 radical (unpaired) electrons. The number of nitrogens with zero attached hydrogens (tertiary/aromatic N) is 6. The Balaban J connectivity index is 1.62. The van der Waals surface area contributed by atoms with E-state index in [-0.39, 0.29) is 23.6 Å². The van der Waals surface area contributed by atoms with Crippen LogP contribution in [0.3, 0.4) is 0 Å². The Hall–Kier alpha value is -2.69. The first kappa shape index (κ1) is 16.8. The highest BCUT2D eigenvalue weighted by molar-refractivity contribution is 5.45. The largest absolute Gasteiger partial charge is 0.453 e. The first-order valence-corrected chi connectivity index (χ1v) is 8.16. The molecule has 0 amide bonds. The van der Waals surface area contributed by atoms with E-state index in [1.165, 1.54) is 6.07 Å². The third-order valence-electron chi connectivity index (χ3n) is 4.28. The molecular weight excluding hydrogens is 351 g/mol. The van der Waals surface area contributed by atoms with Crippen LogP contribution in [0.5, 0.6) is 0 Å². The number of hydrogen-bond donors (Lipinski definition) is 1. The lowest BCUT2D eigenvalue weighted by Gasteiger charge is -2.20. The molecule has 4 heterocycles. The van der Waals surface area contributed by atoms with Crippen LogP contribution in [-0.4, -0.2) is 42.0 Å². The van der Waals surface area contributed by atoms with Crippen molar-refractivity contribution in [2.75, 3.05) is 11.9 Å². The molecule has 8 nitrogen and oxygen atoms in total. The standard InChI is InChI=1S/C15H16F3N7O/c1-2-24-7-6-19-13(24)12-9(5-8-26-12)20-10-3-4-11-21-22-14(15(16,17)18)25(11)23-10/h3-4,6-7,9,12H,2,5,8H2,1H3,(H,20,23)/t9-,12-/m0/s1. The zero-order chi connectivity index (χ0) is 18.3. The van der Waals surface area contributed by atoms with Gasteiger partial charge in [-0.05, 0) is 25.5 Å². The minimum atomic E-state index is -4.63. The lowest BCUT2D eigenvalue weighted by molar-refractivity contribution is -0.146. The molecule has 3 aromatic rings. The number of hydrogen-bond acceptors (Lipinski definition) is 6. The van der Waals surface area contributed by atoms with Gasteiger partial charge in [0.25, 0.3) is 5.82 Å². The average Bonchev–Trinajstić information content (AvgIpc) is 3.32. The number of ether oxygens (including phenoxy) is 1. The Labute approximate surface area is 146 Å². The van der Waals surface area contributed by atoms with Gasteiger partial charge in [0.15, 0.2) is 5.65 Å². The average molecular weight is 367 g/mol. The Kier molecular flexibility index (Phi) is 4.02. The molecule has 1 aliphatic rings. The highest BCUT2D eigenvalue weighted by atomic mass is 19.4. The van der Waals surface area contributed by atoms with Crippen LogP contribution in [-0.2, 0) is 17.5 Å². The first-order valence-electron chi connectivity index (χ1n) is 8.16. The van der Waals surface area contributed by atoms with Crippen molar-refractivity contribution in [1.82, 2.24) is 29.4 Å². The number of rotatable bonds is 4. The van der Waals surface area contributed by atoms with E-state index in [1.807, 2.05) is 17.7 Å². The summed E-state index contributed by atoms with van der Waals surface area (Å²) in [5, 5.41) is 13.8. The van der Waals surface area contributed by atoms with Crippen molar-refractivity contribution < 1.29 is 17.9 Å². The zero-order valence-electron chi connectivity index (χ0n) is 13.8. The predicted molar refractivity (Wildman–Crippen MR) is 84.4 cm³/mol. The van der Waals surface area contributed by atoms with Crippen LogP contribution in [0, 0.1) is 0 Å². The van der Waals surface area contributed by atoms with Gasteiger partial charge in [-0.25, -0.2) is 4.98 Å². The molecule has 1 N–H and O–H groups in total. The number of imidazole rings is 1. The van der Waals surface area contributed by atoms with Gasteiger partial charge in [0.1, 0.15) is 17.7 Å². The highest BCUT2D eigenvalue weighted by Gasteiger charge is 2.38. The molecule has 0 spiro atoms. The van der Waals surface area contributed by atoms with E-state index >= 15 is 0 Å². The number of fused-ring (bicyclic) bond motifs is 1. The van der Waals surface area contributed by atoms with Gasteiger partial charge >= 0.3 is 6.18 Å². The molecule has 1 aliphatic heterocycles. The summed E-state index contributed by atoms with van der Waals surface area (Å²) in [6.45, 7) is 3.28. The molecule has 0 saturated carbocycles. The van der Waals surface area contributed by atoms with Gasteiger partial charge in [0.2, 0.25) is 0 Å². The molecule has 0 aliphatic carbocycles. The first-order chi connectivity index (χ1) is 12.5. The van der Waals surface area contributed by atoms with E-state index in [4.69, 9.17) is 4.74 Å². The Bertz CT molecular complexity index is 919. The van der Waals surface area contributed by atoms with Gasteiger partial charge < -0.3 is 14.6 Å². The van der Waals surface area contributed by atoms with Crippen molar-refractivity contribution in [1.29, 1.82) is 0 Å². The second kappa shape index (κ2) is 6.24. The summed E-state index contributed by atoms with van der Waals surface area (Å²) in [6, 6.07) is 2.86. The molecule has 1 fully saturated rings. The van der Waals surface area contributed by atoms with Crippen LogP contribution in [0.1, 0.15) is 31.1 Å². The Morgan fingerprint density at radius 3 is 2.92 bits per heavy atom. The fraction of sp³-hybridized carbons (Fsp3) is 0.467. The highest BCUT2D eigenvalue weighted by Crippen LogP contribution is 2.31. The fourth-order valence-electron chi connectivity index (χ4n) is 3.07. The van der Waals surface area contributed by atoms with E-state index in [1.54, 1.807) is 12.3 Å². The maximum Gasteiger partial charge on any atom is 0.453 e. The fourth-order valence-corrected chi connectivity index (χ4v) is 3.07. The Morgan fingerprint density at radius 1 is 1.31 bits per heavy atom. The number of halogens is 3. The molecule has 0 unspecified atom stereocenters. The van der Waals surface area contributed by atoms with E-state index in [0.717, 1.165) is 12.4 Å². The molecule has 11 heteroatoms. The molecule has 26 heavy (non-hydrogen) atoms. The Morgan fingerprint density at radius 2 is 2.15 bits per heavy atom. The van der Waals surface area contributed by atoms with Crippen molar-refractivity contribution in [3.8, 4) is 0 Å². The maximum absolute atomic E-state index is 13.0. The molecule has 1 saturated heterocycles. The summed E-state index contributed by atoms with van der Waals surface area (Å²) in [5.74, 6) is -0.0846. The van der Waals surface area contributed by atoms with Crippen molar-refractivity contribution in [3.05, 3.63) is 36.2 Å². The van der Waals surface area contributed by atoms with E-state index in [9.17, 15) is 13.2 Å². The number of aryl methyl sites for hydroxylation is 1. The third kappa shape index (κ3) is 2.87. The SMILES string of the molecule is CCn1ccnc1[C@H]1OCC[C@@H]1Nc1ccc2nnc(C(F)(F)F)n2n1. The van der Waals surface area contributed by atoms with Crippen molar-refractivity contribution in [3.63, 3.8) is 0 Å². The number of aromatic nitrogens is 6. The summed E-state index contributed by atoms with van der Waals surface area (Å²) in [4.78, 5) is 4.35. The summed E-state index contributed by atoms with van der Waals surface area (Å²) in [5.41, 5.74) is 0.0311. The van der Waals surface area contributed by atoms with Crippen molar-refractivity contribution >= 4 is 11.5 Å². The van der Waals surface area contributed by atoms with E-state index in [2.05, 4.69) is 25.6 Å². The summed E-state index contributed by atoms with van der Waals surface area (Å²) in [7, 11) is 0. The normalized spacial score (nSPS) is 20.8. The monoisotopic (exact) mass is 367 g/mol. The molecular formula is C15H16F3N7O. The number of anilines is 1. The quantitative estimate of drug-likeness (QED) is 0.762. The summed E-state index contributed by atoms with van der Waals surface area (Å²) >= 11 is 0. The zero-order valence-corrected chi connectivity index (χ0v) is 13.8. The molecule has 0 bridgehead atoms. The molecule has 138 valence electrons. The molecule has 4 rings (SSSR count). The van der Waals surface area contributed by atoms with Crippen LogP contribution >= 0.6 is 0 Å². The maximum atomic E-state index is 13.0. The second-order valence-electron chi connectivity index (χ2n) is 5.91. The van der Waals surface area contributed by atoms with Crippen LogP contribution < -0.4 is 5.32 Å². The second-order valence-corrected chi connectivity index (χ2v) is 5.91. The smallest absolute Gasteiger partial charge is 0.368 e. The lowest BCUT2D eigenvalue weighted by atomic mass is 10.1. The van der Waals surface area contributed by atoms with Gasteiger partial charge in [-0.1, -0.05) is 0 Å². The van der Waals surface area contributed by atoms with E-state index in [0.29, 0.717) is 17.5 Å². The predicted octanol–water partition coefficient (Wildman–Crippen LogP) is 2.30. The van der Waals surface area contributed by atoms with Gasteiger partial charge in [0, 0.05) is 25.5 Å². The number of alkyl halides is 3. The van der Waals surface area contributed by atoms with Crippen LogP contribution in [0.2, 0.25) is 0 Å². The van der Waals surface area contributed by atoms with Gasteiger partial charge in [-0.3, -0.25) is 0 Å². The summed E-state index contributed by atoms with van der Waals surface area (Å²) in [6.07, 6.45) is -0.671. The lowest BCUT2D eigenvalue weighted by Crippen LogP contribution is -2.26. The van der Waals surface area contributed by atoms with Crippen molar-refractivity contribution in [2.24, 2.45) is 0 Å². The minimum absolute atomic E-state index is 0.0311. The van der Waals surface area contributed by atoms with Crippen LogP contribution in [0.4, 0.5) is 19.0 Å². The molecule has 0 aromatic carbocycles. The number of nitrogens with one attached hydrogen (secondary N) is 1. The molecule has 2 atom stereocenters. The minimum Gasteiger partial charge on any atom is -0.368 e. The van der Waals surface area contributed by atoms with Crippen LogP contribution in [0.25, 0.3) is 5.65 Å². The molecule has 3 aromatic heterocycles.